The molecule has 0 aliphatic rings. The minimum Gasteiger partial charge on any atom is -0.349 e. The molecule has 0 aliphatic heterocycles. The number of carbonyl (C=O) groups excluding carboxylic acids is 2. The molecule has 0 saturated carbocycles. The van der Waals surface area contributed by atoms with Crippen LogP contribution in [0, 0.1) is 0 Å². The van der Waals surface area contributed by atoms with E-state index in [1.165, 1.54) is 0 Å². The Balaban J connectivity index is 1.84. The molecule has 1 heterocycles. The molecule has 3 amide bonds. The first-order chi connectivity index (χ1) is 11.2. The van der Waals surface area contributed by atoms with Crippen LogP contribution in [0.4, 0.5) is 10.5 Å². The predicted molar refractivity (Wildman–Crippen MR) is 89.1 cm³/mol. The molecule has 3 N–H and O–H groups in total. The number of hydrogen-bond acceptors (Lipinski definition) is 3. The Labute approximate surface area is 134 Å². The average Bonchev–Trinajstić information content (AvgIpc) is 2.59. The molecule has 6 nitrogen and oxygen atoms in total. The van der Waals surface area contributed by atoms with Crippen LogP contribution < -0.4 is 16.0 Å². The highest BCUT2D eigenvalue weighted by Gasteiger charge is 2.05. The maximum Gasteiger partial charge on any atom is 0.319 e. The van der Waals surface area contributed by atoms with Crippen molar-refractivity contribution in [2.24, 2.45) is 0 Å². The van der Waals surface area contributed by atoms with Gasteiger partial charge in [0.1, 0.15) is 0 Å². The average molecular weight is 310 g/mol. The molecule has 23 heavy (non-hydrogen) atoms. The van der Waals surface area contributed by atoms with Crippen molar-refractivity contribution in [3.8, 4) is 0 Å². The number of pyridine rings is 1. The highest BCUT2D eigenvalue weighted by Crippen LogP contribution is 2.09. The van der Waals surface area contributed by atoms with Gasteiger partial charge in [0.05, 0.1) is 0 Å². The first-order valence-electron chi connectivity index (χ1n) is 7.12. The molecular weight excluding hydrogens is 292 g/mol. The van der Waals surface area contributed by atoms with Gasteiger partial charge in [0, 0.05) is 36.7 Å². The Hall–Kier alpha value is -3.15. The molecule has 1 aromatic heterocycles. The van der Waals surface area contributed by atoms with Crippen molar-refractivity contribution >= 4 is 17.6 Å². The van der Waals surface area contributed by atoms with E-state index in [1.54, 1.807) is 42.7 Å². The third-order valence-corrected chi connectivity index (χ3v) is 2.99. The van der Waals surface area contributed by atoms with E-state index in [-0.39, 0.29) is 11.9 Å². The summed E-state index contributed by atoms with van der Waals surface area (Å²) in [5.41, 5.74) is 2.04. The summed E-state index contributed by atoms with van der Waals surface area (Å²) in [7, 11) is 0. The molecule has 1 aromatic carbocycles. The fourth-order valence-electron chi connectivity index (χ4n) is 1.83. The number of carbonyl (C=O) groups is 2. The number of anilines is 1. The monoisotopic (exact) mass is 310 g/mol. The molecule has 0 bridgehead atoms. The Kier molecular flexibility index (Phi) is 5.88. The number of urea groups is 1. The van der Waals surface area contributed by atoms with Crippen molar-refractivity contribution in [1.29, 1.82) is 0 Å². The van der Waals surface area contributed by atoms with Gasteiger partial charge in [-0.1, -0.05) is 12.1 Å². The summed E-state index contributed by atoms with van der Waals surface area (Å²) in [5.74, 6) is -0.183. The van der Waals surface area contributed by atoms with Gasteiger partial charge in [0.15, 0.2) is 0 Å². The normalized spacial score (nSPS) is 9.74. The standard InChI is InChI=1S/C17H18N4O2/c1-2-9-19-16(22)14-5-7-15(8-6-14)21-17(23)20-12-13-4-3-10-18-11-13/h2-8,10-11H,1,9,12H2,(H,19,22)(H2,20,21,23). The Morgan fingerprint density at radius 1 is 1.13 bits per heavy atom. The van der Waals surface area contributed by atoms with Gasteiger partial charge in [-0.05, 0) is 35.9 Å². The lowest BCUT2D eigenvalue weighted by Crippen LogP contribution is -2.28. The van der Waals surface area contributed by atoms with Crippen molar-refractivity contribution < 1.29 is 9.59 Å². The predicted octanol–water partition coefficient (Wildman–Crippen LogP) is 2.32. The molecule has 0 atom stereocenters. The molecule has 0 fully saturated rings. The van der Waals surface area contributed by atoms with Crippen LogP contribution in [0.3, 0.4) is 0 Å². The summed E-state index contributed by atoms with van der Waals surface area (Å²) in [5, 5.41) is 8.12. The Morgan fingerprint density at radius 2 is 1.91 bits per heavy atom. The van der Waals surface area contributed by atoms with Crippen LogP contribution in [0.1, 0.15) is 15.9 Å². The fraction of sp³-hybridized carbons (Fsp3) is 0.118. The number of nitrogens with zero attached hydrogens (tertiary/aromatic N) is 1. The van der Waals surface area contributed by atoms with Gasteiger partial charge in [-0.25, -0.2) is 4.79 Å². The molecular formula is C17H18N4O2. The molecule has 118 valence electrons. The summed E-state index contributed by atoms with van der Waals surface area (Å²) >= 11 is 0. The van der Waals surface area contributed by atoms with E-state index < -0.39 is 0 Å². The van der Waals surface area contributed by atoms with Gasteiger partial charge in [-0.15, -0.1) is 6.58 Å². The van der Waals surface area contributed by atoms with Crippen LogP contribution >= 0.6 is 0 Å². The second-order valence-corrected chi connectivity index (χ2v) is 4.75. The molecule has 0 saturated heterocycles. The molecule has 2 aromatic rings. The van der Waals surface area contributed by atoms with E-state index in [0.29, 0.717) is 24.3 Å². The minimum absolute atomic E-state index is 0.183. The number of nitrogens with one attached hydrogen (secondary N) is 3. The van der Waals surface area contributed by atoms with E-state index >= 15 is 0 Å². The highest BCUT2D eigenvalue weighted by molar-refractivity contribution is 5.95. The van der Waals surface area contributed by atoms with Gasteiger partial charge in [0.2, 0.25) is 0 Å². The number of amides is 3. The maximum atomic E-state index is 11.8. The second-order valence-electron chi connectivity index (χ2n) is 4.75. The van der Waals surface area contributed by atoms with Crippen LogP contribution in [-0.4, -0.2) is 23.5 Å². The van der Waals surface area contributed by atoms with Crippen LogP contribution in [0.5, 0.6) is 0 Å². The van der Waals surface area contributed by atoms with E-state index in [4.69, 9.17) is 0 Å². The van der Waals surface area contributed by atoms with Crippen molar-refractivity contribution in [3.63, 3.8) is 0 Å². The quantitative estimate of drug-likeness (QED) is 0.716. The van der Waals surface area contributed by atoms with Crippen LogP contribution in [0.15, 0.2) is 61.4 Å². The van der Waals surface area contributed by atoms with E-state index in [2.05, 4.69) is 27.5 Å². The van der Waals surface area contributed by atoms with Crippen molar-refractivity contribution in [2.45, 2.75) is 6.54 Å². The van der Waals surface area contributed by atoms with E-state index in [1.807, 2.05) is 12.1 Å². The van der Waals surface area contributed by atoms with Crippen LogP contribution in [-0.2, 0) is 6.54 Å². The highest BCUT2D eigenvalue weighted by atomic mass is 16.2. The molecule has 6 heteroatoms. The molecule has 0 aliphatic carbocycles. The lowest BCUT2D eigenvalue weighted by Gasteiger charge is -2.08. The van der Waals surface area contributed by atoms with Crippen LogP contribution in [0.2, 0.25) is 0 Å². The van der Waals surface area contributed by atoms with E-state index in [9.17, 15) is 9.59 Å². The zero-order valence-electron chi connectivity index (χ0n) is 12.6. The molecule has 0 spiro atoms. The number of hydrogen-bond donors (Lipinski definition) is 3. The minimum atomic E-state index is -0.322. The van der Waals surface area contributed by atoms with Gasteiger partial charge in [0.25, 0.3) is 5.91 Å². The number of aromatic nitrogens is 1. The lowest BCUT2D eigenvalue weighted by molar-refractivity contribution is 0.0958. The lowest BCUT2D eigenvalue weighted by atomic mass is 10.2. The SMILES string of the molecule is C=CCNC(=O)c1ccc(NC(=O)NCc2cccnc2)cc1. The summed E-state index contributed by atoms with van der Waals surface area (Å²) < 4.78 is 0. The Morgan fingerprint density at radius 3 is 2.57 bits per heavy atom. The van der Waals surface area contributed by atoms with Gasteiger partial charge >= 0.3 is 6.03 Å². The maximum absolute atomic E-state index is 11.8. The van der Waals surface area contributed by atoms with Gasteiger partial charge in [-0.2, -0.15) is 0 Å². The Bertz CT molecular complexity index is 669. The van der Waals surface area contributed by atoms with Crippen molar-refractivity contribution in [2.75, 3.05) is 11.9 Å². The number of rotatable bonds is 6. The van der Waals surface area contributed by atoms with Crippen molar-refractivity contribution in [1.82, 2.24) is 15.6 Å². The van der Waals surface area contributed by atoms with Gasteiger partial charge < -0.3 is 16.0 Å². The summed E-state index contributed by atoms with van der Waals surface area (Å²) in [6.07, 6.45) is 4.98. The largest absolute Gasteiger partial charge is 0.349 e. The summed E-state index contributed by atoms with van der Waals surface area (Å²) in [4.78, 5) is 27.5. The third-order valence-electron chi connectivity index (χ3n) is 2.99. The van der Waals surface area contributed by atoms with E-state index in [0.717, 1.165) is 5.56 Å². The second kappa shape index (κ2) is 8.33. The number of benzene rings is 1. The third kappa shape index (κ3) is 5.28. The smallest absolute Gasteiger partial charge is 0.319 e. The summed E-state index contributed by atoms with van der Waals surface area (Å²) in [6, 6.07) is 10.0. The van der Waals surface area contributed by atoms with Gasteiger partial charge in [-0.3, -0.25) is 9.78 Å². The fourth-order valence-corrected chi connectivity index (χ4v) is 1.83. The zero-order valence-corrected chi connectivity index (χ0v) is 12.6. The first-order valence-corrected chi connectivity index (χ1v) is 7.12. The molecule has 2 rings (SSSR count). The van der Waals surface area contributed by atoms with Crippen LogP contribution in [0.25, 0.3) is 0 Å². The first kappa shape index (κ1) is 16.2. The molecule has 0 radical (unpaired) electrons. The van der Waals surface area contributed by atoms with Crippen molar-refractivity contribution in [3.05, 3.63) is 72.6 Å². The summed E-state index contributed by atoms with van der Waals surface area (Å²) in [6.45, 7) is 4.34. The molecule has 0 unspecified atom stereocenters. The zero-order chi connectivity index (χ0) is 16.5. The topological polar surface area (TPSA) is 83.1 Å².